The van der Waals surface area contributed by atoms with Gasteiger partial charge in [0.2, 0.25) is 6.79 Å². The van der Waals surface area contributed by atoms with Gasteiger partial charge >= 0.3 is 0 Å². The van der Waals surface area contributed by atoms with Gasteiger partial charge in [-0.15, -0.1) is 0 Å². The van der Waals surface area contributed by atoms with Gasteiger partial charge in [0.15, 0.2) is 11.5 Å². The minimum Gasteiger partial charge on any atom is -0.454 e. The predicted octanol–water partition coefficient (Wildman–Crippen LogP) is 1.21. The van der Waals surface area contributed by atoms with Crippen LogP contribution in [0.5, 0.6) is 11.5 Å². The summed E-state index contributed by atoms with van der Waals surface area (Å²) in [5, 5.41) is 1.47. The van der Waals surface area contributed by atoms with Crippen molar-refractivity contribution in [3.05, 3.63) is 57.6 Å². The molecule has 4 rings (SSSR count). The van der Waals surface area contributed by atoms with Gasteiger partial charge in [-0.3, -0.25) is 0 Å². The lowest BCUT2D eigenvalue weighted by Gasteiger charge is -2.30. The lowest BCUT2D eigenvalue weighted by Crippen LogP contribution is -3.27. The Labute approximate surface area is 157 Å². The van der Waals surface area contributed by atoms with Gasteiger partial charge in [-0.2, -0.15) is 0 Å². The van der Waals surface area contributed by atoms with Crippen LogP contribution in [0.1, 0.15) is 11.1 Å². The van der Waals surface area contributed by atoms with E-state index in [0.717, 1.165) is 55.8 Å². The molecule has 132 valence electrons. The highest BCUT2D eigenvalue weighted by atomic mass is 35.5. The second kappa shape index (κ2) is 7.42. The van der Waals surface area contributed by atoms with Crippen molar-refractivity contribution in [2.45, 2.75) is 13.1 Å². The monoisotopic (exact) mass is 380 g/mol. The molecule has 0 aliphatic carbocycles. The highest BCUT2D eigenvalue weighted by molar-refractivity contribution is 6.35. The van der Waals surface area contributed by atoms with Crippen molar-refractivity contribution in [2.75, 3.05) is 33.0 Å². The van der Waals surface area contributed by atoms with Crippen LogP contribution >= 0.6 is 23.2 Å². The van der Waals surface area contributed by atoms with E-state index in [1.165, 1.54) is 11.1 Å². The Morgan fingerprint density at radius 2 is 1.52 bits per heavy atom. The summed E-state index contributed by atoms with van der Waals surface area (Å²) in [7, 11) is 0. The molecule has 2 heterocycles. The van der Waals surface area contributed by atoms with E-state index in [9.17, 15) is 0 Å². The van der Waals surface area contributed by atoms with Crippen LogP contribution in [-0.4, -0.2) is 33.0 Å². The predicted molar refractivity (Wildman–Crippen MR) is 97.8 cm³/mol. The largest absolute Gasteiger partial charge is 0.454 e. The number of halogens is 2. The first-order valence-electron chi connectivity index (χ1n) is 8.67. The van der Waals surface area contributed by atoms with Crippen molar-refractivity contribution in [3.63, 3.8) is 0 Å². The topological polar surface area (TPSA) is 27.3 Å². The van der Waals surface area contributed by atoms with Gasteiger partial charge in [-0.1, -0.05) is 29.3 Å². The first kappa shape index (κ1) is 17.0. The Bertz CT molecular complexity index is 761. The smallest absolute Gasteiger partial charge is 0.231 e. The fourth-order valence-electron chi connectivity index (χ4n) is 3.58. The maximum absolute atomic E-state index is 6.31. The van der Waals surface area contributed by atoms with Crippen LogP contribution in [0.15, 0.2) is 36.4 Å². The lowest BCUT2D eigenvalue weighted by molar-refractivity contribution is -1.02. The molecule has 0 spiro atoms. The lowest BCUT2D eigenvalue weighted by atomic mass is 10.1. The van der Waals surface area contributed by atoms with Gasteiger partial charge in [0, 0.05) is 16.1 Å². The first-order valence-corrected chi connectivity index (χ1v) is 9.42. The van der Waals surface area contributed by atoms with Gasteiger partial charge in [-0.25, -0.2) is 0 Å². The van der Waals surface area contributed by atoms with E-state index < -0.39 is 0 Å². The van der Waals surface area contributed by atoms with Gasteiger partial charge in [0.25, 0.3) is 0 Å². The van der Waals surface area contributed by atoms with Crippen molar-refractivity contribution in [1.29, 1.82) is 0 Å². The van der Waals surface area contributed by atoms with Crippen LogP contribution in [0.3, 0.4) is 0 Å². The Kier molecular flexibility index (Phi) is 5.04. The van der Waals surface area contributed by atoms with E-state index in [1.807, 2.05) is 24.3 Å². The highest BCUT2D eigenvalue weighted by Gasteiger charge is 2.24. The maximum atomic E-state index is 6.31. The van der Waals surface area contributed by atoms with Gasteiger partial charge in [0.1, 0.15) is 39.3 Å². The number of benzene rings is 2. The molecule has 2 aromatic carbocycles. The molecule has 1 fully saturated rings. The molecule has 0 amide bonds. The molecule has 0 aromatic heterocycles. The van der Waals surface area contributed by atoms with E-state index in [-0.39, 0.29) is 0 Å². The minimum absolute atomic E-state index is 0.334. The van der Waals surface area contributed by atoms with Crippen molar-refractivity contribution < 1.29 is 19.3 Å². The number of hydrogen-bond acceptors (Lipinski definition) is 2. The number of nitrogens with one attached hydrogen (secondary N) is 2. The third-order valence-corrected chi connectivity index (χ3v) is 5.60. The fraction of sp³-hybridized carbons (Fsp3) is 0.368. The summed E-state index contributed by atoms with van der Waals surface area (Å²) in [6.45, 7) is 6.96. The Balaban J connectivity index is 1.31. The molecule has 2 aliphatic heterocycles. The molecule has 4 nitrogen and oxygen atoms in total. The second-order valence-corrected chi connectivity index (χ2v) is 7.62. The van der Waals surface area contributed by atoms with E-state index >= 15 is 0 Å². The summed E-state index contributed by atoms with van der Waals surface area (Å²) in [6.07, 6.45) is 0. The van der Waals surface area contributed by atoms with E-state index in [1.54, 1.807) is 9.80 Å². The molecule has 2 N–H and O–H groups in total. The Morgan fingerprint density at radius 3 is 2.28 bits per heavy atom. The van der Waals surface area contributed by atoms with Gasteiger partial charge < -0.3 is 19.3 Å². The molecule has 0 atom stereocenters. The van der Waals surface area contributed by atoms with E-state index in [4.69, 9.17) is 32.7 Å². The third-order valence-electron chi connectivity index (χ3n) is 5.01. The molecule has 1 saturated heterocycles. The van der Waals surface area contributed by atoms with Crippen LogP contribution < -0.4 is 19.3 Å². The number of piperazine rings is 1. The van der Waals surface area contributed by atoms with Crippen LogP contribution in [0.25, 0.3) is 0 Å². The Hall–Kier alpha value is -1.46. The summed E-state index contributed by atoms with van der Waals surface area (Å²) in [5.74, 6) is 1.73. The van der Waals surface area contributed by atoms with E-state index in [0.29, 0.717) is 11.8 Å². The average Bonchev–Trinajstić information content (AvgIpc) is 3.07. The molecule has 25 heavy (non-hydrogen) atoms. The Morgan fingerprint density at radius 1 is 0.800 bits per heavy atom. The molecule has 6 heteroatoms. The minimum atomic E-state index is 0.334. The van der Waals surface area contributed by atoms with Crippen LogP contribution in [0.4, 0.5) is 0 Å². The summed E-state index contributed by atoms with van der Waals surface area (Å²) in [5.41, 5.74) is 2.49. The molecular weight excluding hydrogens is 359 g/mol. The van der Waals surface area contributed by atoms with Crippen LogP contribution in [0.2, 0.25) is 10.0 Å². The number of fused-ring (bicyclic) bond motifs is 1. The quantitative estimate of drug-likeness (QED) is 0.833. The SMILES string of the molecule is Clc1ccc(C[NH+]2CC[NH+](Cc3ccc4c(c3)OCO4)CC2)c(Cl)c1. The standard InChI is InChI=1S/C19H20Cl2N2O2/c20-16-3-2-15(17(21)10-16)12-23-7-5-22(6-8-23)11-14-1-4-18-19(9-14)25-13-24-18/h1-4,9-10H,5-8,11-13H2/p+2. The van der Waals surface area contributed by atoms with Crippen molar-refractivity contribution in [1.82, 2.24) is 0 Å². The molecule has 0 bridgehead atoms. The summed E-state index contributed by atoms with van der Waals surface area (Å²) >= 11 is 12.3. The molecule has 2 aliphatic rings. The maximum Gasteiger partial charge on any atom is 0.231 e. The summed E-state index contributed by atoms with van der Waals surface area (Å²) in [4.78, 5) is 3.20. The molecule has 0 radical (unpaired) electrons. The van der Waals surface area contributed by atoms with Gasteiger partial charge in [-0.05, 0) is 30.3 Å². The van der Waals surface area contributed by atoms with Crippen LogP contribution in [-0.2, 0) is 13.1 Å². The molecule has 0 saturated carbocycles. The first-order chi connectivity index (χ1) is 12.2. The molecule has 2 aromatic rings. The molecular formula is C19H22Cl2N2O2+2. The average molecular weight is 381 g/mol. The number of hydrogen-bond donors (Lipinski definition) is 2. The van der Waals surface area contributed by atoms with Crippen LogP contribution in [0, 0.1) is 0 Å². The van der Waals surface area contributed by atoms with E-state index in [2.05, 4.69) is 12.1 Å². The molecule has 0 unspecified atom stereocenters. The zero-order chi connectivity index (χ0) is 17.2. The summed E-state index contributed by atoms with van der Waals surface area (Å²) in [6, 6.07) is 12.1. The summed E-state index contributed by atoms with van der Waals surface area (Å²) < 4.78 is 10.9. The number of ether oxygens (including phenoxy) is 2. The third kappa shape index (κ3) is 4.04. The normalized spacial score (nSPS) is 22.2. The van der Waals surface area contributed by atoms with Crippen molar-refractivity contribution >= 4 is 23.2 Å². The van der Waals surface area contributed by atoms with Crippen molar-refractivity contribution in [3.8, 4) is 11.5 Å². The van der Waals surface area contributed by atoms with Crippen molar-refractivity contribution in [2.24, 2.45) is 0 Å². The number of quaternary nitrogens is 2. The number of rotatable bonds is 4. The van der Waals surface area contributed by atoms with Gasteiger partial charge in [0.05, 0.1) is 5.02 Å². The zero-order valence-corrected chi connectivity index (χ0v) is 15.5. The highest BCUT2D eigenvalue weighted by Crippen LogP contribution is 2.32. The zero-order valence-electron chi connectivity index (χ0n) is 14.0. The fourth-order valence-corrected chi connectivity index (χ4v) is 4.06. The second-order valence-electron chi connectivity index (χ2n) is 6.78.